The van der Waals surface area contributed by atoms with E-state index < -0.39 is 12.0 Å². The summed E-state index contributed by atoms with van der Waals surface area (Å²) in [5.41, 5.74) is 10.7. The van der Waals surface area contributed by atoms with Crippen LogP contribution in [0.25, 0.3) is 22.2 Å². The van der Waals surface area contributed by atoms with Crippen molar-refractivity contribution in [3.63, 3.8) is 0 Å². The molecule has 8 heteroatoms. The zero-order chi connectivity index (χ0) is 23.0. The second-order valence-electron chi connectivity index (χ2n) is 7.96. The fourth-order valence-electron chi connectivity index (χ4n) is 4.08. The van der Waals surface area contributed by atoms with Crippen LogP contribution in [0.5, 0.6) is 0 Å². The molecule has 1 aliphatic rings. The molecule has 0 saturated heterocycles. The van der Waals surface area contributed by atoms with Crippen LogP contribution in [0.1, 0.15) is 31.2 Å². The number of aromatic nitrogens is 3. The summed E-state index contributed by atoms with van der Waals surface area (Å²) in [5.74, 6) is 0.0976. The number of aryl methyl sites for hydroxylation is 3. The van der Waals surface area contributed by atoms with Crippen molar-refractivity contribution in [1.29, 1.82) is 0 Å². The van der Waals surface area contributed by atoms with Crippen molar-refractivity contribution in [2.45, 2.75) is 39.2 Å². The number of hydrogen-bond donors (Lipinski definition) is 3. The molecule has 1 unspecified atom stereocenters. The molecule has 7 nitrogen and oxygen atoms in total. The van der Waals surface area contributed by atoms with Crippen LogP contribution in [0.4, 0.5) is 15.9 Å². The second kappa shape index (κ2) is 8.55. The number of aliphatic hydroxyl groups is 1. The van der Waals surface area contributed by atoms with Crippen molar-refractivity contribution in [2.24, 2.45) is 7.05 Å². The molecular weight excluding hydrogens is 409 g/mol. The molecule has 0 radical (unpaired) electrons. The first-order valence-corrected chi connectivity index (χ1v) is 10.6. The molecule has 0 fully saturated rings. The Balaban J connectivity index is 1.65. The molecule has 1 atom stereocenters. The molecule has 166 valence electrons. The number of nitrogen functional groups attached to an aromatic ring is 1. The number of aliphatic hydroxyl groups excluding tert-OH is 1. The Labute approximate surface area is 185 Å². The number of rotatable bonds is 5. The molecule has 2 heterocycles. The molecule has 0 aliphatic heterocycles. The Bertz CT molecular complexity index is 1280. The molecule has 2 aromatic heterocycles. The highest BCUT2D eigenvalue weighted by Gasteiger charge is 2.22. The lowest BCUT2D eigenvalue weighted by Gasteiger charge is -2.16. The summed E-state index contributed by atoms with van der Waals surface area (Å²) in [7, 11) is 1.91. The lowest BCUT2D eigenvalue weighted by molar-refractivity contribution is -0.122. The summed E-state index contributed by atoms with van der Waals surface area (Å²) in [6.45, 7) is 3.83. The van der Waals surface area contributed by atoms with Gasteiger partial charge in [-0.25, -0.2) is 14.4 Å². The number of amides is 1. The number of halogens is 1. The van der Waals surface area contributed by atoms with Crippen molar-refractivity contribution < 1.29 is 14.3 Å². The average molecular weight is 436 g/mol. The van der Waals surface area contributed by atoms with Crippen molar-refractivity contribution >= 4 is 28.4 Å². The first kappa shape index (κ1) is 21.7. The minimum atomic E-state index is -1.43. The SMILES string of the molecule is CCc1cc(NC(=O)C(O)C2=CCCC(F)=C2)ccc1-c1cn(C)c2nc(C)nc(N)c12. The van der Waals surface area contributed by atoms with Gasteiger partial charge in [-0.1, -0.05) is 19.1 Å². The molecule has 4 N–H and O–H groups in total. The van der Waals surface area contributed by atoms with Gasteiger partial charge in [-0.2, -0.15) is 0 Å². The van der Waals surface area contributed by atoms with E-state index in [-0.39, 0.29) is 11.4 Å². The van der Waals surface area contributed by atoms with E-state index in [0.717, 1.165) is 27.7 Å². The van der Waals surface area contributed by atoms with Gasteiger partial charge < -0.3 is 20.7 Å². The Hall–Kier alpha value is -3.52. The topological polar surface area (TPSA) is 106 Å². The van der Waals surface area contributed by atoms with E-state index in [1.165, 1.54) is 6.08 Å². The number of carbonyl (C=O) groups is 1. The predicted octanol–water partition coefficient (Wildman–Crippen LogP) is 3.96. The Kier molecular flexibility index (Phi) is 5.80. The Morgan fingerprint density at radius 2 is 2.12 bits per heavy atom. The Morgan fingerprint density at radius 3 is 2.84 bits per heavy atom. The molecule has 1 aliphatic carbocycles. The lowest BCUT2D eigenvalue weighted by Crippen LogP contribution is -2.29. The van der Waals surface area contributed by atoms with Crippen molar-refractivity contribution in [3.8, 4) is 11.1 Å². The summed E-state index contributed by atoms with van der Waals surface area (Å²) < 4.78 is 15.4. The van der Waals surface area contributed by atoms with Crippen LogP contribution in [0, 0.1) is 6.92 Å². The molecular formula is C24H26FN5O2. The first-order valence-electron chi connectivity index (χ1n) is 10.6. The smallest absolute Gasteiger partial charge is 0.257 e. The highest BCUT2D eigenvalue weighted by atomic mass is 19.1. The summed E-state index contributed by atoms with van der Waals surface area (Å²) in [6, 6.07) is 5.55. The minimum absolute atomic E-state index is 0.278. The van der Waals surface area contributed by atoms with Gasteiger partial charge in [0, 0.05) is 30.9 Å². The maximum Gasteiger partial charge on any atom is 0.257 e. The van der Waals surface area contributed by atoms with Gasteiger partial charge in [0.05, 0.1) is 5.39 Å². The van der Waals surface area contributed by atoms with Gasteiger partial charge in [0.2, 0.25) is 0 Å². The number of nitrogens with zero attached hydrogens (tertiary/aromatic N) is 3. The number of allylic oxidation sites excluding steroid dienone is 2. The van der Waals surface area contributed by atoms with Gasteiger partial charge in [0.25, 0.3) is 5.91 Å². The van der Waals surface area contributed by atoms with E-state index in [1.54, 1.807) is 19.1 Å². The van der Waals surface area contributed by atoms with E-state index in [1.807, 2.05) is 36.9 Å². The van der Waals surface area contributed by atoms with E-state index in [9.17, 15) is 14.3 Å². The molecule has 1 amide bonds. The summed E-state index contributed by atoms with van der Waals surface area (Å²) in [4.78, 5) is 21.4. The maximum absolute atomic E-state index is 13.5. The highest BCUT2D eigenvalue weighted by molar-refractivity contribution is 6.02. The number of hydrogen-bond acceptors (Lipinski definition) is 5. The number of nitrogens with two attached hydrogens (primary N) is 1. The van der Waals surface area contributed by atoms with E-state index in [2.05, 4.69) is 15.3 Å². The lowest BCUT2D eigenvalue weighted by atomic mass is 9.97. The molecule has 4 rings (SSSR count). The van der Waals surface area contributed by atoms with Crippen LogP contribution >= 0.6 is 0 Å². The quantitative estimate of drug-likeness (QED) is 0.562. The van der Waals surface area contributed by atoms with Crippen molar-refractivity contribution in [3.05, 3.63) is 59.3 Å². The molecule has 3 aromatic rings. The van der Waals surface area contributed by atoms with Gasteiger partial charge in [-0.15, -0.1) is 0 Å². The summed E-state index contributed by atoms with van der Waals surface area (Å²) in [5, 5.41) is 13.9. The average Bonchev–Trinajstić information content (AvgIpc) is 3.09. The third-order valence-electron chi connectivity index (χ3n) is 5.65. The van der Waals surface area contributed by atoms with Crippen molar-refractivity contribution in [1.82, 2.24) is 14.5 Å². The van der Waals surface area contributed by atoms with Crippen LogP contribution < -0.4 is 11.1 Å². The van der Waals surface area contributed by atoms with Gasteiger partial charge in [-0.05, 0) is 54.7 Å². The Morgan fingerprint density at radius 1 is 1.34 bits per heavy atom. The van der Waals surface area contributed by atoms with E-state index in [0.29, 0.717) is 36.6 Å². The zero-order valence-electron chi connectivity index (χ0n) is 18.3. The monoisotopic (exact) mass is 435 g/mol. The van der Waals surface area contributed by atoms with Crippen LogP contribution in [0.3, 0.4) is 0 Å². The van der Waals surface area contributed by atoms with Gasteiger partial charge >= 0.3 is 0 Å². The largest absolute Gasteiger partial charge is 0.383 e. The second-order valence-corrected chi connectivity index (χ2v) is 7.96. The van der Waals surface area contributed by atoms with Gasteiger partial charge in [0.15, 0.2) is 6.10 Å². The number of carbonyl (C=O) groups excluding carboxylic acids is 1. The van der Waals surface area contributed by atoms with Crippen LogP contribution in [0.15, 0.2) is 47.9 Å². The molecule has 32 heavy (non-hydrogen) atoms. The van der Waals surface area contributed by atoms with E-state index in [4.69, 9.17) is 5.73 Å². The maximum atomic E-state index is 13.5. The number of anilines is 2. The summed E-state index contributed by atoms with van der Waals surface area (Å²) in [6.07, 6.45) is 4.93. The fourth-order valence-corrected chi connectivity index (χ4v) is 4.08. The third-order valence-corrected chi connectivity index (χ3v) is 5.65. The van der Waals surface area contributed by atoms with Gasteiger partial charge in [0.1, 0.15) is 23.1 Å². The minimum Gasteiger partial charge on any atom is -0.383 e. The third kappa shape index (κ3) is 4.01. The van der Waals surface area contributed by atoms with Gasteiger partial charge in [-0.3, -0.25) is 4.79 Å². The first-order chi connectivity index (χ1) is 15.3. The highest BCUT2D eigenvalue weighted by Crippen LogP contribution is 2.36. The predicted molar refractivity (Wildman–Crippen MR) is 124 cm³/mol. The van der Waals surface area contributed by atoms with E-state index >= 15 is 0 Å². The fraction of sp³-hybridized carbons (Fsp3) is 0.292. The normalized spacial score (nSPS) is 14.8. The molecule has 0 bridgehead atoms. The molecule has 0 spiro atoms. The zero-order valence-corrected chi connectivity index (χ0v) is 18.3. The summed E-state index contributed by atoms with van der Waals surface area (Å²) >= 11 is 0. The van der Waals surface area contributed by atoms with Crippen LogP contribution in [-0.4, -0.2) is 31.7 Å². The number of benzene rings is 1. The molecule has 1 aromatic carbocycles. The number of nitrogens with one attached hydrogen (secondary N) is 1. The number of fused-ring (bicyclic) bond motifs is 1. The standard InChI is InChI=1S/C24H26FN5O2/c1-4-14-11-17(29-24(32)21(31)15-6-5-7-16(25)10-15)8-9-18(14)19-12-30(3)23-20(19)22(26)27-13(2)28-23/h6,8-12,21,31H,4-5,7H2,1-3H3,(H,29,32)(H2,26,27,28). The molecule has 0 saturated carbocycles. The van der Waals surface area contributed by atoms with Crippen LogP contribution in [0.2, 0.25) is 0 Å². The van der Waals surface area contributed by atoms with Crippen molar-refractivity contribution in [2.75, 3.05) is 11.1 Å². The van der Waals surface area contributed by atoms with Crippen LogP contribution in [-0.2, 0) is 18.3 Å².